The van der Waals surface area contributed by atoms with Crippen molar-refractivity contribution < 1.29 is 13.9 Å². The van der Waals surface area contributed by atoms with E-state index in [4.69, 9.17) is 9.15 Å². The zero-order valence-corrected chi connectivity index (χ0v) is 13.7. The Morgan fingerprint density at radius 2 is 1.79 bits per heavy atom. The van der Waals surface area contributed by atoms with Crippen LogP contribution in [0.2, 0.25) is 0 Å². The van der Waals surface area contributed by atoms with E-state index in [1.165, 1.54) is 0 Å². The van der Waals surface area contributed by atoms with Gasteiger partial charge < -0.3 is 14.5 Å². The van der Waals surface area contributed by atoms with Gasteiger partial charge in [0.2, 0.25) is 0 Å². The molecule has 1 aromatic heterocycles. The molecule has 0 radical (unpaired) electrons. The van der Waals surface area contributed by atoms with Crippen LogP contribution < -0.4 is 10.1 Å². The largest absolute Gasteiger partial charge is 0.497 e. The van der Waals surface area contributed by atoms with Gasteiger partial charge in [-0.1, -0.05) is 42.5 Å². The van der Waals surface area contributed by atoms with Gasteiger partial charge in [0.1, 0.15) is 17.3 Å². The minimum Gasteiger partial charge on any atom is -0.497 e. The summed E-state index contributed by atoms with van der Waals surface area (Å²) in [5, 5.41) is 2.92. The van der Waals surface area contributed by atoms with E-state index >= 15 is 0 Å². The fourth-order valence-electron chi connectivity index (χ4n) is 2.47. The van der Waals surface area contributed by atoms with Gasteiger partial charge in [-0.3, -0.25) is 4.79 Å². The van der Waals surface area contributed by atoms with E-state index < -0.39 is 0 Å². The summed E-state index contributed by atoms with van der Waals surface area (Å²) >= 11 is 0. The molecule has 0 saturated carbocycles. The molecule has 122 valence electrons. The molecule has 0 bridgehead atoms. The quantitative estimate of drug-likeness (QED) is 0.766. The normalized spacial score (nSPS) is 10.4. The van der Waals surface area contributed by atoms with E-state index in [0.717, 1.165) is 16.9 Å². The number of carbonyl (C=O) groups is 1. The van der Waals surface area contributed by atoms with Crippen LogP contribution in [-0.2, 0) is 6.54 Å². The fourth-order valence-corrected chi connectivity index (χ4v) is 2.47. The van der Waals surface area contributed by atoms with Gasteiger partial charge in [0.15, 0.2) is 0 Å². The number of nitrogens with one attached hydrogen (secondary N) is 1. The molecule has 0 spiro atoms. The lowest BCUT2D eigenvalue weighted by Gasteiger charge is -2.05. The summed E-state index contributed by atoms with van der Waals surface area (Å²) in [6, 6.07) is 19.1. The lowest BCUT2D eigenvalue weighted by atomic mass is 10.1. The second-order valence-electron chi connectivity index (χ2n) is 5.48. The van der Waals surface area contributed by atoms with Crippen LogP contribution in [0.1, 0.15) is 21.7 Å². The lowest BCUT2D eigenvalue weighted by molar-refractivity contribution is 0.0949. The Morgan fingerprint density at radius 1 is 1.08 bits per heavy atom. The Morgan fingerprint density at radius 3 is 2.46 bits per heavy atom. The third kappa shape index (κ3) is 3.49. The number of furan rings is 1. The standard InChI is InChI=1S/C20H19NO3/c1-14-18(12-19(24-14)16-6-4-3-5-7-16)20(22)21-13-15-8-10-17(23-2)11-9-15/h3-12H,13H2,1-2H3,(H,21,22). The molecule has 1 amide bonds. The topological polar surface area (TPSA) is 51.5 Å². The van der Waals surface area contributed by atoms with Gasteiger partial charge in [-0.05, 0) is 30.7 Å². The molecular weight excluding hydrogens is 302 g/mol. The molecule has 3 aromatic rings. The van der Waals surface area contributed by atoms with Crippen molar-refractivity contribution in [2.45, 2.75) is 13.5 Å². The number of aryl methyl sites for hydroxylation is 1. The van der Waals surface area contributed by atoms with Gasteiger partial charge in [0, 0.05) is 12.1 Å². The molecule has 4 nitrogen and oxygen atoms in total. The predicted octanol–water partition coefficient (Wildman–Crippen LogP) is 4.19. The highest BCUT2D eigenvalue weighted by atomic mass is 16.5. The number of hydrogen-bond donors (Lipinski definition) is 1. The van der Waals surface area contributed by atoms with Crippen LogP contribution in [0.4, 0.5) is 0 Å². The van der Waals surface area contributed by atoms with Crippen molar-refractivity contribution in [3.05, 3.63) is 77.6 Å². The summed E-state index contributed by atoms with van der Waals surface area (Å²) in [7, 11) is 1.63. The molecule has 0 aliphatic rings. The summed E-state index contributed by atoms with van der Waals surface area (Å²) in [4.78, 5) is 12.4. The van der Waals surface area contributed by atoms with Crippen molar-refractivity contribution in [3.8, 4) is 17.1 Å². The molecule has 3 rings (SSSR count). The minimum absolute atomic E-state index is 0.144. The number of ether oxygens (including phenoxy) is 1. The smallest absolute Gasteiger partial charge is 0.255 e. The second kappa shape index (κ2) is 7.04. The Hall–Kier alpha value is -3.01. The first-order valence-corrected chi connectivity index (χ1v) is 7.74. The van der Waals surface area contributed by atoms with E-state index in [1.54, 1.807) is 20.1 Å². The molecule has 0 fully saturated rings. The molecule has 0 aliphatic heterocycles. The Kier molecular flexibility index (Phi) is 4.66. The summed E-state index contributed by atoms with van der Waals surface area (Å²) in [5.41, 5.74) is 2.52. The van der Waals surface area contributed by atoms with Crippen molar-refractivity contribution in [3.63, 3.8) is 0 Å². The molecule has 0 saturated heterocycles. The van der Waals surface area contributed by atoms with Crippen LogP contribution in [0.5, 0.6) is 5.75 Å². The van der Waals surface area contributed by atoms with Crippen LogP contribution in [-0.4, -0.2) is 13.0 Å². The average Bonchev–Trinajstić information content (AvgIpc) is 3.03. The van der Waals surface area contributed by atoms with E-state index in [9.17, 15) is 4.79 Å². The maximum atomic E-state index is 12.4. The first-order valence-electron chi connectivity index (χ1n) is 7.74. The number of rotatable bonds is 5. The van der Waals surface area contributed by atoms with Crippen molar-refractivity contribution in [2.75, 3.05) is 7.11 Å². The maximum Gasteiger partial charge on any atom is 0.255 e. The van der Waals surface area contributed by atoms with Gasteiger partial charge in [-0.25, -0.2) is 0 Å². The monoisotopic (exact) mass is 321 g/mol. The van der Waals surface area contributed by atoms with E-state index in [0.29, 0.717) is 23.6 Å². The van der Waals surface area contributed by atoms with Gasteiger partial charge in [-0.2, -0.15) is 0 Å². The van der Waals surface area contributed by atoms with Gasteiger partial charge in [0.05, 0.1) is 12.7 Å². The number of methoxy groups -OCH3 is 1. The molecule has 2 aromatic carbocycles. The van der Waals surface area contributed by atoms with Crippen molar-refractivity contribution in [2.24, 2.45) is 0 Å². The summed E-state index contributed by atoms with van der Waals surface area (Å²) in [6.45, 7) is 2.25. The predicted molar refractivity (Wildman–Crippen MR) is 93.0 cm³/mol. The van der Waals surface area contributed by atoms with Gasteiger partial charge in [-0.15, -0.1) is 0 Å². The molecule has 24 heavy (non-hydrogen) atoms. The molecule has 0 aliphatic carbocycles. The Labute approximate surface area is 141 Å². The van der Waals surface area contributed by atoms with Crippen LogP contribution in [0.3, 0.4) is 0 Å². The SMILES string of the molecule is COc1ccc(CNC(=O)c2cc(-c3ccccc3)oc2C)cc1. The molecular formula is C20H19NO3. The number of hydrogen-bond acceptors (Lipinski definition) is 3. The number of benzene rings is 2. The summed E-state index contributed by atoms with van der Waals surface area (Å²) < 4.78 is 10.9. The highest BCUT2D eigenvalue weighted by Crippen LogP contribution is 2.25. The highest BCUT2D eigenvalue weighted by molar-refractivity contribution is 5.96. The third-order valence-electron chi connectivity index (χ3n) is 3.83. The van der Waals surface area contributed by atoms with Crippen molar-refractivity contribution in [1.29, 1.82) is 0 Å². The van der Waals surface area contributed by atoms with Gasteiger partial charge >= 0.3 is 0 Å². The highest BCUT2D eigenvalue weighted by Gasteiger charge is 2.15. The molecule has 0 unspecified atom stereocenters. The van der Waals surface area contributed by atoms with E-state index in [-0.39, 0.29) is 5.91 Å². The Balaban J connectivity index is 1.69. The van der Waals surface area contributed by atoms with E-state index in [1.807, 2.05) is 54.6 Å². The minimum atomic E-state index is -0.144. The number of carbonyl (C=O) groups excluding carboxylic acids is 1. The molecule has 0 atom stereocenters. The third-order valence-corrected chi connectivity index (χ3v) is 3.83. The second-order valence-corrected chi connectivity index (χ2v) is 5.48. The van der Waals surface area contributed by atoms with Crippen LogP contribution in [0.15, 0.2) is 65.1 Å². The Bertz CT molecular complexity index is 820. The van der Waals surface area contributed by atoms with Crippen LogP contribution in [0, 0.1) is 6.92 Å². The fraction of sp³-hybridized carbons (Fsp3) is 0.150. The molecule has 1 N–H and O–H groups in total. The first-order chi connectivity index (χ1) is 11.7. The first kappa shape index (κ1) is 15.9. The lowest BCUT2D eigenvalue weighted by Crippen LogP contribution is -2.22. The zero-order chi connectivity index (χ0) is 16.9. The summed E-state index contributed by atoms with van der Waals surface area (Å²) in [6.07, 6.45) is 0. The molecule has 4 heteroatoms. The van der Waals surface area contributed by atoms with Gasteiger partial charge in [0.25, 0.3) is 5.91 Å². The van der Waals surface area contributed by atoms with Crippen molar-refractivity contribution >= 4 is 5.91 Å². The van der Waals surface area contributed by atoms with Crippen LogP contribution >= 0.6 is 0 Å². The zero-order valence-electron chi connectivity index (χ0n) is 13.7. The summed E-state index contributed by atoms with van der Waals surface area (Å²) in [5.74, 6) is 1.96. The van der Waals surface area contributed by atoms with E-state index in [2.05, 4.69) is 5.32 Å². The van der Waals surface area contributed by atoms with Crippen molar-refractivity contribution in [1.82, 2.24) is 5.32 Å². The van der Waals surface area contributed by atoms with Crippen LogP contribution in [0.25, 0.3) is 11.3 Å². The maximum absolute atomic E-state index is 12.4. The number of amides is 1. The average molecular weight is 321 g/mol. The molecule has 1 heterocycles.